The minimum absolute atomic E-state index is 0.0161. The van der Waals surface area contributed by atoms with Crippen molar-refractivity contribution in [2.75, 3.05) is 11.1 Å². The number of anilines is 2. The molecule has 1 atom stereocenters. The van der Waals surface area contributed by atoms with Gasteiger partial charge in [-0.25, -0.2) is 14.2 Å². The smallest absolute Gasteiger partial charge is 0.390 e. The molecular weight excluding hydrogens is 418 g/mol. The van der Waals surface area contributed by atoms with Crippen LogP contribution in [-0.4, -0.2) is 27.3 Å². The van der Waals surface area contributed by atoms with Crippen molar-refractivity contribution in [3.8, 4) is 11.8 Å². The van der Waals surface area contributed by atoms with Gasteiger partial charge >= 0.3 is 12.2 Å². The molecule has 7 nitrogen and oxygen atoms in total. The molecule has 2 aliphatic rings. The molecule has 1 aromatic heterocycles. The Morgan fingerprint density at radius 3 is 2.68 bits per heavy atom. The molecule has 0 radical (unpaired) electrons. The summed E-state index contributed by atoms with van der Waals surface area (Å²) in [5.74, 6) is 3.57. The summed E-state index contributed by atoms with van der Waals surface area (Å²) in [5, 5.41) is 13.2. The minimum atomic E-state index is -4.98. The Balaban J connectivity index is 1.78. The number of benzene rings is 1. The molecule has 2 aromatic rings. The number of urea groups is 1. The third-order valence-electron chi connectivity index (χ3n) is 5.06. The Kier molecular flexibility index (Phi) is 4.97. The number of carbonyl (C=O) groups excluding carboxylic acids is 1. The van der Waals surface area contributed by atoms with Crippen molar-refractivity contribution in [2.45, 2.75) is 37.6 Å². The molecule has 1 aliphatic carbocycles. The lowest BCUT2D eigenvalue weighted by Crippen LogP contribution is -2.59. The van der Waals surface area contributed by atoms with Gasteiger partial charge < -0.3 is 21.5 Å². The molecule has 162 valence electrons. The maximum absolute atomic E-state index is 14.9. The SMILES string of the molecule is Nc1nc(Cc2cc3c(cc2F)[C@@](C#CC2CC2)(C(F)(F)F)NC(=O)N3)cnc1CO. The van der Waals surface area contributed by atoms with Crippen molar-refractivity contribution < 1.29 is 27.5 Å². The molecule has 0 spiro atoms. The van der Waals surface area contributed by atoms with Crippen LogP contribution in [0, 0.1) is 23.6 Å². The number of amides is 2. The number of aliphatic hydroxyl groups is 1. The fourth-order valence-electron chi connectivity index (χ4n) is 3.26. The predicted octanol–water partition coefficient (Wildman–Crippen LogP) is 2.59. The quantitative estimate of drug-likeness (QED) is 0.437. The Morgan fingerprint density at radius 2 is 2.06 bits per heavy atom. The molecule has 1 aliphatic heterocycles. The Morgan fingerprint density at radius 1 is 1.32 bits per heavy atom. The van der Waals surface area contributed by atoms with E-state index in [-0.39, 0.29) is 40.8 Å². The number of hydrogen-bond donors (Lipinski definition) is 4. The molecule has 2 heterocycles. The fourth-order valence-corrected chi connectivity index (χ4v) is 3.26. The van der Waals surface area contributed by atoms with Crippen molar-refractivity contribution in [3.05, 3.63) is 46.7 Å². The number of nitrogens with zero attached hydrogens (tertiary/aromatic N) is 2. The van der Waals surface area contributed by atoms with E-state index in [1.165, 1.54) is 6.20 Å². The first-order chi connectivity index (χ1) is 14.6. The summed E-state index contributed by atoms with van der Waals surface area (Å²) in [7, 11) is 0. The van der Waals surface area contributed by atoms with E-state index in [4.69, 9.17) is 10.8 Å². The number of carbonyl (C=O) groups is 1. The monoisotopic (exact) mass is 435 g/mol. The Hall–Kier alpha value is -3.39. The van der Waals surface area contributed by atoms with Crippen molar-refractivity contribution in [2.24, 2.45) is 5.92 Å². The average Bonchev–Trinajstić information content (AvgIpc) is 3.51. The number of aliphatic hydroxyl groups excluding tert-OH is 1. The first-order valence-corrected chi connectivity index (χ1v) is 9.35. The predicted molar refractivity (Wildman–Crippen MR) is 102 cm³/mol. The van der Waals surface area contributed by atoms with Gasteiger partial charge in [0.15, 0.2) is 0 Å². The number of rotatable bonds is 3. The largest absolute Gasteiger partial charge is 0.427 e. The zero-order valence-electron chi connectivity index (χ0n) is 16.0. The fraction of sp³-hybridized carbons (Fsp3) is 0.350. The van der Waals surface area contributed by atoms with Crippen molar-refractivity contribution in [1.82, 2.24) is 15.3 Å². The molecule has 5 N–H and O–H groups in total. The second-order valence-electron chi connectivity index (χ2n) is 7.39. The van der Waals surface area contributed by atoms with Crippen molar-refractivity contribution in [3.63, 3.8) is 0 Å². The zero-order chi connectivity index (χ0) is 22.4. The lowest BCUT2D eigenvalue weighted by Gasteiger charge is -2.37. The highest BCUT2D eigenvalue weighted by molar-refractivity contribution is 5.95. The van der Waals surface area contributed by atoms with E-state index >= 15 is 0 Å². The van der Waals surface area contributed by atoms with Gasteiger partial charge in [0.25, 0.3) is 0 Å². The summed E-state index contributed by atoms with van der Waals surface area (Å²) in [6.07, 6.45) is -2.46. The number of nitrogens with two attached hydrogens (primary N) is 1. The first kappa shape index (κ1) is 20.9. The van der Waals surface area contributed by atoms with Gasteiger partial charge in [-0.1, -0.05) is 11.8 Å². The number of alkyl halides is 3. The second-order valence-corrected chi connectivity index (χ2v) is 7.39. The Labute approximate surface area is 174 Å². The average molecular weight is 435 g/mol. The third-order valence-corrected chi connectivity index (χ3v) is 5.06. The molecule has 2 amide bonds. The summed E-state index contributed by atoms with van der Waals surface area (Å²) in [5.41, 5.74) is 2.31. The van der Waals surface area contributed by atoms with Crippen LogP contribution in [0.4, 0.5) is 33.9 Å². The van der Waals surface area contributed by atoms with E-state index < -0.39 is 35.7 Å². The van der Waals surface area contributed by atoms with E-state index in [0.717, 1.165) is 12.1 Å². The number of halogens is 4. The maximum Gasteiger partial charge on any atom is 0.427 e. The van der Waals surface area contributed by atoms with Gasteiger partial charge in [-0.2, -0.15) is 13.2 Å². The van der Waals surface area contributed by atoms with Crippen LogP contribution in [0.25, 0.3) is 0 Å². The van der Waals surface area contributed by atoms with Gasteiger partial charge in [0.1, 0.15) is 17.3 Å². The van der Waals surface area contributed by atoms with Crippen LogP contribution in [0.1, 0.15) is 35.4 Å². The van der Waals surface area contributed by atoms with E-state index in [1.807, 2.05) is 5.32 Å². The molecule has 11 heteroatoms. The number of nitrogens with one attached hydrogen (secondary N) is 2. The highest BCUT2D eigenvalue weighted by atomic mass is 19.4. The van der Waals surface area contributed by atoms with Crippen LogP contribution >= 0.6 is 0 Å². The van der Waals surface area contributed by atoms with E-state index in [0.29, 0.717) is 12.8 Å². The van der Waals surface area contributed by atoms with Gasteiger partial charge in [0.2, 0.25) is 5.54 Å². The van der Waals surface area contributed by atoms with Crippen LogP contribution in [0.2, 0.25) is 0 Å². The molecular formula is C20H17F4N5O2. The van der Waals surface area contributed by atoms with Crippen LogP contribution in [-0.2, 0) is 18.6 Å². The van der Waals surface area contributed by atoms with Gasteiger partial charge in [-0.05, 0) is 30.5 Å². The van der Waals surface area contributed by atoms with Crippen molar-refractivity contribution >= 4 is 17.5 Å². The summed E-state index contributed by atoms with van der Waals surface area (Å²) in [6.45, 7) is -0.424. The molecule has 4 rings (SSSR count). The highest BCUT2D eigenvalue weighted by Gasteiger charge is 2.59. The highest BCUT2D eigenvalue weighted by Crippen LogP contribution is 2.45. The zero-order valence-corrected chi connectivity index (χ0v) is 16.0. The van der Waals surface area contributed by atoms with E-state index in [9.17, 15) is 22.4 Å². The summed E-state index contributed by atoms with van der Waals surface area (Å²) in [4.78, 5) is 20.0. The topological polar surface area (TPSA) is 113 Å². The Bertz CT molecular complexity index is 1120. The van der Waals surface area contributed by atoms with E-state index in [1.54, 1.807) is 0 Å². The lowest BCUT2D eigenvalue weighted by molar-refractivity contribution is -0.178. The molecule has 31 heavy (non-hydrogen) atoms. The van der Waals surface area contributed by atoms with E-state index in [2.05, 4.69) is 27.1 Å². The van der Waals surface area contributed by atoms with Gasteiger partial charge in [-0.15, -0.1) is 0 Å². The van der Waals surface area contributed by atoms with Gasteiger partial charge in [-0.3, -0.25) is 4.98 Å². The summed E-state index contributed by atoms with van der Waals surface area (Å²) in [6, 6.07) is 0.759. The van der Waals surface area contributed by atoms with Gasteiger partial charge in [0.05, 0.1) is 12.3 Å². The molecule has 0 saturated heterocycles. The molecule has 0 bridgehead atoms. The summed E-state index contributed by atoms with van der Waals surface area (Å²) < 4.78 is 57.2. The first-order valence-electron chi connectivity index (χ1n) is 9.35. The van der Waals surface area contributed by atoms with Crippen LogP contribution in [0.5, 0.6) is 0 Å². The summed E-state index contributed by atoms with van der Waals surface area (Å²) >= 11 is 0. The number of fused-ring (bicyclic) bond motifs is 1. The molecule has 0 unspecified atom stereocenters. The number of aromatic nitrogens is 2. The number of hydrogen-bond acceptors (Lipinski definition) is 5. The van der Waals surface area contributed by atoms with Crippen LogP contribution in [0.15, 0.2) is 18.3 Å². The number of nitrogen functional groups attached to an aromatic ring is 1. The normalized spacial score (nSPS) is 20.2. The van der Waals surface area contributed by atoms with Gasteiger partial charge in [0, 0.05) is 29.8 Å². The molecule has 1 fully saturated rings. The minimum Gasteiger partial charge on any atom is -0.390 e. The maximum atomic E-state index is 14.9. The second kappa shape index (κ2) is 7.39. The lowest BCUT2D eigenvalue weighted by atomic mass is 9.85. The standard InChI is InChI=1S/C20H17F4N5O2/c21-14-7-13-15(6-11(14)5-12-8-26-16(9-30)17(25)27-12)28-18(31)29-19(13,20(22,23)24)4-3-10-1-2-10/h6-8,10,30H,1-2,5,9H2,(H2,25,27)(H2,28,29,31)/t19-/m0/s1. The molecule has 1 aromatic carbocycles. The van der Waals surface area contributed by atoms with Crippen LogP contribution in [0.3, 0.4) is 0 Å². The van der Waals surface area contributed by atoms with Crippen molar-refractivity contribution in [1.29, 1.82) is 0 Å². The molecule has 1 saturated carbocycles. The third kappa shape index (κ3) is 3.86. The van der Waals surface area contributed by atoms with Crippen LogP contribution < -0.4 is 16.4 Å².